The molecule has 1 heterocycles. The van der Waals surface area contributed by atoms with Gasteiger partial charge in [-0.2, -0.15) is 0 Å². The average molecular weight is 326 g/mol. The van der Waals surface area contributed by atoms with Crippen molar-refractivity contribution in [1.82, 2.24) is 0 Å². The Morgan fingerprint density at radius 2 is 1.92 bits per heavy atom. The number of hydrogen-bond acceptors (Lipinski definition) is 4. The summed E-state index contributed by atoms with van der Waals surface area (Å²) in [5.41, 5.74) is 2.10. The van der Waals surface area contributed by atoms with Gasteiger partial charge in [-0.15, -0.1) is 0 Å². The van der Waals surface area contributed by atoms with Crippen LogP contribution >= 0.6 is 0 Å². The van der Waals surface area contributed by atoms with Crippen LogP contribution in [0.5, 0.6) is 5.75 Å². The predicted octanol–water partition coefficient (Wildman–Crippen LogP) is 3.34. The molecule has 0 aromatic heterocycles. The minimum atomic E-state index is -0.669. The van der Waals surface area contributed by atoms with E-state index >= 15 is 0 Å². The Hall–Kier alpha value is -2.89. The molecule has 6 nitrogen and oxygen atoms in total. The second kappa shape index (κ2) is 6.70. The van der Waals surface area contributed by atoms with Gasteiger partial charge in [0.05, 0.1) is 4.92 Å². The monoisotopic (exact) mass is 326 g/mol. The maximum atomic E-state index is 12.7. The molecular weight excluding hydrogens is 308 g/mol. The van der Waals surface area contributed by atoms with Crippen molar-refractivity contribution in [2.75, 3.05) is 11.4 Å². The van der Waals surface area contributed by atoms with Gasteiger partial charge in [0.1, 0.15) is 5.75 Å². The van der Waals surface area contributed by atoms with E-state index in [1.54, 1.807) is 11.8 Å². The van der Waals surface area contributed by atoms with Gasteiger partial charge in [-0.3, -0.25) is 14.9 Å². The number of hydrogen-bond donors (Lipinski definition) is 0. The van der Waals surface area contributed by atoms with Crippen LogP contribution in [0.1, 0.15) is 18.9 Å². The lowest BCUT2D eigenvalue weighted by Gasteiger charge is -2.31. The molecule has 6 heteroatoms. The topological polar surface area (TPSA) is 72.7 Å². The zero-order valence-corrected chi connectivity index (χ0v) is 13.3. The fourth-order valence-corrected chi connectivity index (χ4v) is 2.88. The summed E-state index contributed by atoms with van der Waals surface area (Å²) < 4.78 is 5.67. The van der Waals surface area contributed by atoms with Crippen molar-refractivity contribution < 1.29 is 14.5 Å². The third-order valence-electron chi connectivity index (χ3n) is 4.08. The molecule has 0 bridgehead atoms. The van der Waals surface area contributed by atoms with E-state index in [1.807, 2.05) is 24.3 Å². The fraction of sp³-hybridized carbons (Fsp3) is 0.278. The molecule has 3 rings (SSSR count). The molecule has 0 unspecified atom stereocenters. The number of rotatable bonds is 4. The summed E-state index contributed by atoms with van der Waals surface area (Å²) in [5.74, 6) is 0.326. The molecule has 0 fully saturated rings. The van der Waals surface area contributed by atoms with Crippen LogP contribution in [0.3, 0.4) is 0 Å². The fourth-order valence-electron chi connectivity index (χ4n) is 2.88. The van der Waals surface area contributed by atoms with Crippen molar-refractivity contribution in [1.29, 1.82) is 0 Å². The number of nitrogens with zero attached hydrogens (tertiary/aromatic N) is 2. The van der Waals surface area contributed by atoms with Gasteiger partial charge < -0.3 is 9.64 Å². The summed E-state index contributed by atoms with van der Waals surface area (Å²) in [4.78, 5) is 24.7. The first kappa shape index (κ1) is 16.0. The van der Waals surface area contributed by atoms with Crippen molar-refractivity contribution in [3.63, 3.8) is 0 Å². The highest BCUT2D eigenvalue weighted by Crippen LogP contribution is 2.28. The maximum Gasteiger partial charge on any atom is 0.269 e. The van der Waals surface area contributed by atoms with Crippen molar-refractivity contribution >= 4 is 17.3 Å². The van der Waals surface area contributed by atoms with Crippen LogP contribution in [-0.4, -0.2) is 23.5 Å². The van der Waals surface area contributed by atoms with E-state index in [9.17, 15) is 14.9 Å². The van der Waals surface area contributed by atoms with Crippen LogP contribution < -0.4 is 9.64 Å². The Morgan fingerprint density at radius 1 is 1.21 bits per heavy atom. The number of nitro benzene ring substituents is 1. The van der Waals surface area contributed by atoms with E-state index in [1.165, 1.54) is 29.8 Å². The minimum absolute atomic E-state index is 0.00807. The van der Waals surface area contributed by atoms with Crippen LogP contribution in [-0.2, 0) is 11.2 Å². The predicted molar refractivity (Wildman–Crippen MR) is 90.3 cm³/mol. The first-order chi connectivity index (χ1) is 11.6. The number of anilines is 1. The highest BCUT2D eigenvalue weighted by atomic mass is 16.6. The van der Waals surface area contributed by atoms with E-state index in [2.05, 4.69) is 0 Å². The van der Waals surface area contributed by atoms with E-state index in [0.717, 1.165) is 18.5 Å². The van der Waals surface area contributed by atoms with Crippen LogP contribution in [0.15, 0.2) is 48.5 Å². The van der Waals surface area contributed by atoms with Gasteiger partial charge in [0, 0.05) is 24.4 Å². The lowest BCUT2D eigenvalue weighted by atomic mass is 10.0. The van der Waals surface area contributed by atoms with E-state index in [4.69, 9.17) is 4.74 Å². The first-order valence-corrected chi connectivity index (χ1v) is 7.86. The SMILES string of the molecule is C[C@@H](Oc1ccc([N+](=O)[O-])cc1)C(=O)N1CCCc2ccccc21. The summed E-state index contributed by atoms with van der Waals surface area (Å²) in [6.07, 6.45) is 1.22. The summed E-state index contributed by atoms with van der Waals surface area (Å²) in [6.45, 7) is 2.37. The molecule has 0 aliphatic carbocycles. The van der Waals surface area contributed by atoms with Gasteiger partial charge >= 0.3 is 0 Å². The summed E-state index contributed by atoms with van der Waals surface area (Å²) in [6, 6.07) is 13.6. The highest BCUT2D eigenvalue weighted by molar-refractivity contribution is 5.97. The molecule has 24 heavy (non-hydrogen) atoms. The van der Waals surface area contributed by atoms with Gasteiger partial charge in [-0.1, -0.05) is 18.2 Å². The molecule has 0 spiro atoms. The summed E-state index contributed by atoms with van der Waals surface area (Å²) in [7, 11) is 0. The Kier molecular flexibility index (Phi) is 4.46. The van der Waals surface area contributed by atoms with Crippen molar-refractivity contribution in [3.8, 4) is 5.75 Å². The number of aryl methyl sites for hydroxylation is 1. The Bertz CT molecular complexity index is 758. The summed E-state index contributed by atoms with van der Waals surface area (Å²) in [5, 5.41) is 10.7. The lowest BCUT2D eigenvalue weighted by Crippen LogP contribution is -2.43. The molecule has 0 saturated heterocycles. The number of ether oxygens (including phenoxy) is 1. The molecule has 1 amide bonds. The Balaban J connectivity index is 1.72. The molecule has 124 valence electrons. The minimum Gasteiger partial charge on any atom is -0.481 e. The number of para-hydroxylation sites is 1. The number of amides is 1. The molecule has 0 radical (unpaired) electrons. The second-order valence-corrected chi connectivity index (χ2v) is 5.73. The molecule has 2 aromatic rings. The number of carbonyl (C=O) groups is 1. The van der Waals surface area contributed by atoms with Crippen molar-refractivity contribution in [2.24, 2.45) is 0 Å². The molecule has 1 aliphatic rings. The number of benzene rings is 2. The van der Waals surface area contributed by atoms with E-state index in [-0.39, 0.29) is 11.6 Å². The highest BCUT2D eigenvalue weighted by Gasteiger charge is 2.27. The van der Waals surface area contributed by atoms with Gasteiger partial charge in [-0.05, 0) is 43.5 Å². The molecule has 0 saturated carbocycles. The maximum absolute atomic E-state index is 12.7. The van der Waals surface area contributed by atoms with Crippen molar-refractivity contribution in [2.45, 2.75) is 25.9 Å². The first-order valence-electron chi connectivity index (χ1n) is 7.86. The normalized spacial score (nSPS) is 14.6. The van der Waals surface area contributed by atoms with Crippen LogP contribution in [0.25, 0.3) is 0 Å². The van der Waals surface area contributed by atoms with E-state index < -0.39 is 11.0 Å². The molecule has 1 aliphatic heterocycles. The average Bonchev–Trinajstić information content (AvgIpc) is 2.61. The number of fused-ring (bicyclic) bond motifs is 1. The van der Waals surface area contributed by atoms with Crippen LogP contribution in [0, 0.1) is 10.1 Å². The molecule has 2 aromatic carbocycles. The molecule has 1 atom stereocenters. The van der Waals surface area contributed by atoms with Gasteiger partial charge in [0.2, 0.25) is 0 Å². The zero-order chi connectivity index (χ0) is 17.1. The molecule has 0 N–H and O–H groups in total. The molecular formula is C18H18N2O4. The third kappa shape index (κ3) is 3.22. The second-order valence-electron chi connectivity index (χ2n) is 5.73. The van der Waals surface area contributed by atoms with Gasteiger partial charge in [-0.25, -0.2) is 0 Å². The number of carbonyl (C=O) groups excluding carboxylic acids is 1. The summed E-state index contributed by atoms with van der Waals surface area (Å²) >= 11 is 0. The van der Waals surface area contributed by atoms with E-state index in [0.29, 0.717) is 12.3 Å². The quantitative estimate of drug-likeness (QED) is 0.638. The largest absolute Gasteiger partial charge is 0.481 e. The third-order valence-corrected chi connectivity index (χ3v) is 4.08. The Morgan fingerprint density at radius 3 is 2.62 bits per heavy atom. The standard InChI is InChI=1S/C18H18N2O4/c1-13(24-16-10-8-15(9-11-16)20(22)23)18(21)19-12-4-6-14-5-2-3-7-17(14)19/h2-3,5,7-11,13H,4,6,12H2,1H3/t13-/m1/s1. The smallest absolute Gasteiger partial charge is 0.269 e. The van der Waals surface area contributed by atoms with Crippen LogP contribution in [0.2, 0.25) is 0 Å². The zero-order valence-electron chi connectivity index (χ0n) is 13.3. The van der Waals surface area contributed by atoms with Gasteiger partial charge in [0.15, 0.2) is 6.10 Å². The number of non-ortho nitro benzene ring substituents is 1. The van der Waals surface area contributed by atoms with Gasteiger partial charge in [0.25, 0.3) is 11.6 Å². The van der Waals surface area contributed by atoms with Crippen LogP contribution in [0.4, 0.5) is 11.4 Å². The number of nitro groups is 1. The lowest BCUT2D eigenvalue weighted by molar-refractivity contribution is -0.384. The van der Waals surface area contributed by atoms with Crippen molar-refractivity contribution in [3.05, 3.63) is 64.2 Å². The Labute approximate surface area is 139 Å².